The summed E-state index contributed by atoms with van der Waals surface area (Å²) in [6.07, 6.45) is 6.39. The molecule has 2 amide bonds. The van der Waals surface area contributed by atoms with Crippen molar-refractivity contribution in [2.24, 2.45) is 17.8 Å². The summed E-state index contributed by atoms with van der Waals surface area (Å²) in [4.78, 5) is 25.9. The van der Waals surface area contributed by atoms with Gasteiger partial charge in [0.1, 0.15) is 0 Å². The van der Waals surface area contributed by atoms with Gasteiger partial charge in [0.15, 0.2) is 0 Å². The smallest absolute Gasteiger partial charge is 0.317 e. The molecule has 5 heteroatoms. The van der Waals surface area contributed by atoms with Crippen LogP contribution in [0.3, 0.4) is 0 Å². The van der Waals surface area contributed by atoms with Crippen LogP contribution in [-0.2, 0) is 11.2 Å². The number of carbonyl (C=O) groups excluding carboxylic acids is 1. The molecule has 140 valence electrons. The largest absolute Gasteiger partial charge is 0.481 e. The third-order valence-electron chi connectivity index (χ3n) is 6.16. The van der Waals surface area contributed by atoms with E-state index in [1.54, 1.807) is 0 Å². The highest BCUT2D eigenvalue weighted by Gasteiger charge is 2.54. The first-order valence-electron chi connectivity index (χ1n) is 9.94. The van der Waals surface area contributed by atoms with E-state index in [1.165, 1.54) is 25.7 Å². The number of carboxylic acid groups (broad SMARTS) is 1. The normalized spacial score (nSPS) is 26.1. The van der Waals surface area contributed by atoms with E-state index in [1.807, 2.05) is 35.2 Å². The van der Waals surface area contributed by atoms with Crippen molar-refractivity contribution >= 4 is 12.0 Å². The van der Waals surface area contributed by atoms with E-state index in [0.717, 1.165) is 18.0 Å². The molecule has 0 bridgehead atoms. The van der Waals surface area contributed by atoms with Gasteiger partial charge < -0.3 is 15.3 Å². The predicted molar refractivity (Wildman–Crippen MR) is 98.8 cm³/mol. The summed E-state index contributed by atoms with van der Waals surface area (Å²) in [5.74, 6) is 1.44. The lowest BCUT2D eigenvalue weighted by molar-refractivity contribution is -0.137. The number of likely N-dealkylation sites (tertiary alicyclic amines) is 1. The number of carboxylic acids is 1. The Bertz CT molecular complexity index is 654. The fraction of sp³-hybridized carbons (Fsp3) is 0.619. The molecule has 0 aromatic heterocycles. The quantitative estimate of drug-likeness (QED) is 0.751. The first-order valence-corrected chi connectivity index (χ1v) is 9.94. The molecule has 1 heterocycles. The summed E-state index contributed by atoms with van der Waals surface area (Å²) in [6.45, 7) is 0.884. The molecule has 3 aliphatic rings. The number of urea groups is 1. The van der Waals surface area contributed by atoms with Crippen LogP contribution in [0.25, 0.3) is 0 Å². The second-order valence-electron chi connectivity index (χ2n) is 8.25. The predicted octanol–water partition coefficient (Wildman–Crippen LogP) is 3.29. The molecule has 0 spiro atoms. The van der Waals surface area contributed by atoms with Crippen molar-refractivity contribution in [3.63, 3.8) is 0 Å². The molecule has 2 saturated carbocycles. The molecule has 3 unspecified atom stereocenters. The Balaban J connectivity index is 1.37. The molecule has 3 atom stereocenters. The molecule has 4 rings (SSSR count). The zero-order chi connectivity index (χ0) is 18.1. The summed E-state index contributed by atoms with van der Waals surface area (Å²) in [5, 5.41) is 12.2. The van der Waals surface area contributed by atoms with Gasteiger partial charge in [-0.25, -0.2) is 4.79 Å². The summed E-state index contributed by atoms with van der Waals surface area (Å²) >= 11 is 0. The van der Waals surface area contributed by atoms with E-state index in [4.69, 9.17) is 5.11 Å². The molecule has 1 aliphatic heterocycles. The van der Waals surface area contributed by atoms with Crippen molar-refractivity contribution in [1.82, 2.24) is 10.2 Å². The molecule has 0 radical (unpaired) electrons. The first kappa shape index (κ1) is 17.4. The van der Waals surface area contributed by atoms with Crippen molar-refractivity contribution in [2.45, 2.75) is 57.0 Å². The number of rotatable bonds is 8. The van der Waals surface area contributed by atoms with E-state index in [2.05, 4.69) is 5.32 Å². The molecule has 3 fully saturated rings. The molecular formula is C21H28N2O3. The van der Waals surface area contributed by atoms with Gasteiger partial charge in [-0.1, -0.05) is 30.3 Å². The highest BCUT2D eigenvalue weighted by atomic mass is 16.4. The number of amides is 2. The van der Waals surface area contributed by atoms with E-state index >= 15 is 0 Å². The minimum atomic E-state index is -0.814. The highest BCUT2D eigenvalue weighted by molar-refractivity contribution is 5.76. The number of nitrogens with zero attached hydrogens (tertiary/aromatic N) is 1. The fourth-order valence-electron chi connectivity index (χ4n) is 4.44. The molecule has 1 aromatic rings. The van der Waals surface area contributed by atoms with Gasteiger partial charge in [0.05, 0.1) is 0 Å². The molecule has 5 nitrogen and oxygen atoms in total. The van der Waals surface area contributed by atoms with Crippen molar-refractivity contribution in [3.8, 4) is 0 Å². The van der Waals surface area contributed by atoms with Crippen molar-refractivity contribution in [3.05, 3.63) is 35.9 Å². The van der Waals surface area contributed by atoms with Gasteiger partial charge in [-0.2, -0.15) is 0 Å². The van der Waals surface area contributed by atoms with Gasteiger partial charge in [-0.15, -0.1) is 0 Å². The lowest BCUT2D eigenvalue weighted by Gasteiger charge is -2.49. The van der Waals surface area contributed by atoms with Crippen LogP contribution in [0.15, 0.2) is 30.3 Å². The Morgan fingerprint density at radius 3 is 2.42 bits per heavy atom. The number of benzene rings is 1. The first-order chi connectivity index (χ1) is 12.6. The lowest BCUT2D eigenvalue weighted by Crippen LogP contribution is -2.63. The summed E-state index contributed by atoms with van der Waals surface area (Å²) in [5.41, 5.74) is 1.13. The Morgan fingerprint density at radius 2 is 1.81 bits per heavy atom. The Kier molecular flexibility index (Phi) is 4.88. The number of nitrogens with one attached hydrogen (secondary N) is 1. The minimum absolute atomic E-state index is 0.00474. The van der Waals surface area contributed by atoms with Gasteiger partial charge in [0, 0.05) is 31.0 Å². The Hall–Kier alpha value is -2.04. The van der Waals surface area contributed by atoms with E-state index in [9.17, 15) is 9.59 Å². The standard InChI is InChI=1S/C21H28N2O3/c24-19(25)11-10-17(12-14-4-2-1-3-5-14)22-21(26)23-13-18(15-6-7-15)20(23)16-8-9-16/h1-5,15-18,20H,6-13H2,(H,22,26)(H,24,25). The van der Waals surface area contributed by atoms with Crippen LogP contribution in [-0.4, -0.2) is 40.6 Å². The number of hydrogen-bond acceptors (Lipinski definition) is 2. The number of aliphatic carboxylic acids is 1. The van der Waals surface area contributed by atoms with Gasteiger partial charge in [-0.3, -0.25) is 4.79 Å². The lowest BCUT2D eigenvalue weighted by atomic mass is 9.81. The average molecular weight is 356 g/mol. The summed E-state index contributed by atoms with van der Waals surface area (Å²) in [7, 11) is 0. The summed E-state index contributed by atoms with van der Waals surface area (Å²) < 4.78 is 0. The molecule has 2 N–H and O–H groups in total. The molecule has 26 heavy (non-hydrogen) atoms. The van der Waals surface area contributed by atoms with Gasteiger partial charge >= 0.3 is 12.0 Å². The molecule has 1 saturated heterocycles. The zero-order valence-electron chi connectivity index (χ0n) is 15.1. The zero-order valence-corrected chi connectivity index (χ0v) is 15.1. The second kappa shape index (κ2) is 7.29. The number of carbonyl (C=O) groups is 2. The minimum Gasteiger partial charge on any atom is -0.481 e. The van der Waals surface area contributed by atoms with Crippen LogP contribution in [0.2, 0.25) is 0 Å². The summed E-state index contributed by atoms with van der Waals surface area (Å²) in [6, 6.07) is 10.3. The van der Waals surface area contributed by atoms with Crippen LogP contribution in [0.4, 0.5) is 4.79 Å². The van der Waals surface area contributed by atoms with E-state index in [-0.39, 0.29) is 18.5 Å². The van der Waals surface area contributed by atoms with Gasteiger partial charge in [0.2, 0.25) is 0 Å². The maximum atomic E-state index is 12.9. The molecule has 1 aromatic carbocycles. The Morgan fingerprint density at radius 1 is 1.12 bits per heavy atom. The van der Waals surface area contributed by atoms with Gasteiger partial charge in [-0.05, 0) is 55.9 Å². The monoisotopic (exact) mass is 356 g/mol. The van der Waals surface area contributed by atoms with Crippen molar-refractivity contribution in [2.75, 3.05) is 6.54 Å². The van der Waals surface area contributed by atoms with Crippen LogP contribution in [0.1, 0.15) is 44.1 Å². The second-order valence-corrected chi connectivity index (χ2v) is 8.25. The number of hydrogen-bond donors (Lipinski definition) is 2. The highest BCUT2D eigenvalue weighted by Crippen LogP contribution is 2.52. The topological polar surface area (TPSA) is 69.6 Å². The molecular weight excluding hydrogens is 328 g/mol. The maximum Gasteiger partial charge on any atom is 0.317 e. The van der Waals surface area contributed by atoms with E-state index < -0.39 is 5.97 Å². The fourth-order valence-corrected chi connectivity index (χ4v) is 4.44. The maximum absolute atomic E-state index is 12.9. The SMILES string of the molecule is O=C(O)CCC(Cc1ccccc1)NC(=O)N1CC(C2CC2)C1C1CC1. The average Bonchev–Trinajstić information content (AvgIpc) is 3.48. The van der Waals surface area contributed by atoms with Crippen molar-refractivity contribution < 1.29 is 14.7 Å². The van der Waals surface area contributed by atoms with Crippen LogP contribution >= 0.6 is 0 Å². The van der Waals surface area contributed by atoms with Crippen LogP contribution < -0.4 is 5.32 Å². The molecule has 2 aliphatic carbocycles. The van der Waals surface area contributed by atoms with Crippen molar-refractivity contribution in [1.29, 1.82) is 0 Å². The van der Waals surface area contributed by atoms with E-state index in [0.29, 0.717) is 30.7 Å². The van der Waals surface area contributed by atoms with Crippen LogP contribution in [0.5, 0.6) is 0 Å². The van der Waals surface area contributed by atoms with Gasteiger partial charge in [0.25, 0.3) is 0 Å². The van der Waals surface area contributed by atoms with Crippen LogP contribution in [0, 0.1) is 17.8 Å². The third-order valence-corrected chi connectivity index (χ3v) is 6.16. The Labute approximate surface area is 154 Å². The third kappa shape index (κ3) is 4.02.